The summed E-state index contributed by atoms with van der Waals surface area (Å²) in [5.41, 5.74) is 5.17. The Morgan fingerprint density at radius 2 is 2.33 bits per heavy atom. The fourth-order valence-electron chi connectivity index (χ4n) is 0.615. The molecule has 0 aromatic rings. The second-order valence-electron chi connectivity index (χ2n) is 1.91. The van der Waals surface area contributed by atoms with E-state index in [1.54, 1.807) is 0 Å². The Kier molecular flexibility index (Phi) is 4.94. The van der Waals surface area contributed by atoms with Crippen molar-refractivity contribution in [3.8, 4) is 0 Å². The predicted molar refractivity (Wildman–Crippen MR) is 36.7 cm³/mol. The van der Waals surface area contributed by atoms with Gasteiger partial charge in [0.2, 0.25) is 0 Å². The van der Waals surface area contributed by atoms with Crippen LogP contribution in [-0.4, -0.2) is 20.6 Å². The summed E-state index contributed by atoms with van der Waals surface area (Å²) in [7, 11) is 0. The van der Waals surface area contributed by atoms with Gasteiger partial charge in [-0.3, -0.25) is 4.21 Å². The van der Waals surface area contributed by atoms with Gasteiger partial charge in [-0.05, 0) is 6.42 Å². The fraction of sp³-hybridized carbons (Fsp3) is 1.00. The summed E-state index contributed by atoms with van der Waals surface area (Å²) in [4.78, 5) is 0. The van der Waals surface area contributed by atoms with E-state index in [0.29, 0.717) is 6.42 Å². The normalized spacial score (nSPS) is 17.2. The number of hydrogen-bond donors (Lipinski definition) is 1. The molecule has 2 unspecified atom stereocenters. The first-order chi connectivity index (χ1) is 4.22. The van der Waals surface area contributed by atoms with Crippen molar-refractivity contribution in [1.29, 1.82) is 0 Å². The average molecular weight is 150 g/mol. The molecule has 0 aliphatic rings. The molecule has 9 heavy (non-hydrogen) atoms. The molecular formula is C5H12NO2S-. The van der Waals surface area contributed by atoms with Crippen molar-refractivity contribution < 1.29 is 8.76 Å². The fourth-order valence-corrected chi connectivity index (χ4v) is 1.20. The molecule has 2 atom stereocenters. The van der Waals surface area contributed by atoms with Crippen LogP contribution in [0.15, 0.2) is 0 Å². The second kappa shape index (κ2) is 4.90. The molecule has 0 amide bonds. The van der Waals surface area contributed by atoms with Gasteiger partial charge in [0.05, 0.1) is 0 Å². The first-order valence-corrected chi connectivity index (χ1v) is 4.14. The van der Waals surface area contributed by atoms with Crippen molar-refractivity contribution in [3.05, 3.63) is 0 Å². The van der Waals surface area contributed by atoms with E-state index in [0.717, 1.165) is 6.42 Å². The SMILES string of the molecule is CCCC(CN)S(=O)[O-]. The van der Waals surface area contributed by atoms with Gasteiger partial charge in [0.1, 0.15) is 0 Å². The summed E-state index contributed by atoms with van der Waals surface area (Å²) in [6, 6.07) is 0. The number of rotatable bonds is 4. The Labute approximate surface area is 57.9 Å². The molecule has 3 nitrogen and oxygen atoms in total. The van der Waals surface area contributed by atoms with Gasteiger partial charge in [-0.1, -0.05) is 24.4 Å². The highest BCUT2D eigenvalue weighted by Crippen LogP contribution is 2.00. The lowest BCUT2D eigenvalue weighted by Crippen LogP contribution is -2.24. The van der Waals surface area contributed by atoms with Crippen LogP contribution in [0.2, 0.25) is 0 Å². The minimum Gasteiger partial charge on any atom is -0.772 e. The molecule has 0 aliphatic carbocycles. The molecule has 0 spiro atoms. The largest absolute Gasteiger partial charge is 0.772 e. The molecule has 0 fully saturated rings. The van der Waals surface area contributed by atoms with Crippen LogP contribution in [0.25, 0.3) is 0 Å². The van der Waals surface area contributed by atoms with E-state index in [2.05, 4.69) is 0 Å². The minimum atomic E-state index is -1.98. The smallest absolute Gasteiger partial charge is 0.0338 e. The van der Waals surface area contributed by atoms with Crippen molar-refractivity contribution in [2.75, 3.05) is 6.54 Å². The molecule has 0 aliphatic heterocycles. The maximum atomic E-state index is 10.2. The summed E-state index contributed by atoms with van der Waals surface area (Å²) < 4.78 is 20.5. The van der Waals surface area contributed by atoms with Crippen LogP contribution in [0.3, 0.4) is 0 Å². The van der Waals surface area contributed by atoms with Crippen molar-refractivity contribution in [2.24, 2.45) is 5.73 Å². The zero-order chi connectivity index (χ0) is 7.28. The van der Waals surface area contributed by atoms with Crippen LogP contribution >= 0.6 is 0 Å². The van der Waals surface area contributed by atoms with Crippen LogP contribution in [0.4, 0.5) is 0 Å². The first kappa shape index (κ1) is 9.07. The molecule has 0 saturated heterocycles. The minimum absolute atomic E-state index is 0.240. The summed E-state index contributed by atoms with van der Waals surface area (Å²) in [5, 5.41) is -0.338. The zero-order valence-corrected chi connectivity index (χ0v) is 6.32. The van der Waals surface area contributed by atoms with Gasteiger partial charge < -0.3 is 10.3 Å². The van der Waals surface area contributed by atoms with E-state index in [9.17, 15) is 8.76 Å². The molecule has 0 rings (SSSR count). The lowest BCUT2D eigenvalue weighted by molar-refractivity contribution is 0.515. The van der Waals surface area contributed by atoms with Gasteiger partial charge in [0.25, 0.3) is 0 Å². The molecule has 0 radical (unpaired) electrons. The van der Waals surface area contributed by atoms with Crippen molar-refractivity contribution >= 4 is 11.1 Å². The topological polar surface area (TPSA) is 66.2 Å². The molecule has 56 valence electrons. The van der Waals surface area contributed by atoms with E-state index in [-0.39, 0.29) is 11.8 Å². The van der Waals surface area contributed by atoms with Crippen molar-refractivity contribution in [1.82, 2.24) is 0 Å². The molecule has 0 saturated carbocycles. The van der Waals surface area contributed by atoms with E-state index >= 15 is 0 Å². The highest BCUT2D eigenvalue weighted by Gasteiger charge is 2.03. The molecule has 0 heterocycles. The maximum Gasteiger partial charge on any atom is 0.0338 e. The third-order valence-corrected chi connectivity index (χ3v) is 2.12. The van der Waals surface area contributed by atoms with Crippen LogP contribution in [-0.2, 0) is 11.1 Å². The van der Waals surface area contributed by atoms with Gasteiger partial charge in [-0.15, -0.1) is 0 Å². The van der Waals surface area contributed by atoms with Crippen LogP contribution < -0.4 is 5.73 Å². The van der Waals surface area contributed by atoms with E-state index < -0.39 is 11.1 Å². The lowest BCUT2D eigenvalue weighted by atomic mass is 10.2. The third kappa shape index (κ3) is 3.61. The van der Waals surface area contributed by atoms with Crippen molar-refractivity contribution in [3.63, 3.8) is 0 Å². The maximum absolute atomic E-state index is 10.2. The highest BCUT2D eigenvalue weighted by molar-refractivity contribution is 7.79. The molecule has 4 heteroatoms. The summed E-state index contributed by atoms with van der Waals surface area (Å²) in [6.07, 6.45) is 1.54. The number of nitrogens with two attached hydrogens (primary N) is 1. The second-order valence-corrected chi connectivity index (χ2v) is 3.09. The van der Waals surface area contributed by atoms with Gasteiger partial charge >= 0.3 is 0 Å². The zero-order valence-electron chi connectivity index (χ0n) is 5.50. The van der Waals surface area contributed by atoms with Gasteiger partial charge in [0, 0.05) is 11.8 Å². The molecule has 2 N–H and O–H groups in total. The van der Waals surface area contributed by atoms with Crippen LogP contribution in [0.1, 0.15) is 19.8 Å². The molecule has 0 bridgehead atoms. The highest BCUT2D eigenvalue weighted by atomic mass is 32.2. The quantitative estimate of drug-likeness (QED) is 0.573. The molecular weight excluding hydrogens is 138 g/mol. The lowest BCUT2D eigenvalue weighted by Gasteiger charge is -2.15. The van der Waals surface area contributed by atoms with Gasteiger partial charge in [0.15, 0.2) is 0 Å². The summed E-state index contributed by atoms with van der Waals surface area (Å²) in [5.74, 6) is 0. The first-order valence-electron chi connectivity index (χ1n) is 3.00. The number of hydrogen-bond acceptors (Lipinski definition) is 3. The predicted octanol–water partition coefficient (Wildman–Crippen LogP) is -0.00710. The Balaban J connectivity index is 3.54. The van der Waals surface area contributed by atoms with E-state index in [4.69, 9.17) is 5.73 Å². The van der Waals surface area contributed by atoms with Gasteiger partial charge in [-0.25, -0.2) is 0 Å². The molecule has 0 aromatic carbocycles. The summed E-state index contributed by atoms with van der Waals surface area (Å²) in [6.45, 7) is 2.18. The molecule has 0 aromatic heterocycles. The Bertz CT molecular complexity index is 97.0. The van der Waals surface area contributed by atoms with Crippen LogP contribution in [0, 0.1) is 0 Å². The Morgan fingerprint density at radius 1 is 1.78 bits per heavy atom. The average Bonchev–Trinajstić information content (AvgIpc) is 1.82. The Hall–Kier alpha value is 0.0700. The Morgan fingerprint density at radius 3 is 2.44 bits per heavy atom. The van der Waals surface area contributed by atoms with Crippen molar-refractivity contribution in [2.45, 2.75) is 25.0 Å². The van der Waals surface area contributed by atoms with Crippen LogP contribution in [0.5, 0.6) is 0 Å². The van der Waals surface area contributed by atoms with E-state index in [1.165, 1.54) is 0 Å². The standard InChI is InChI=1S/C5H13NO2S/c1-2-3-5(4-6)9(7)8/h5H,2-4,6H2,1H3,(H,7,8)/p-1. The summed E-state index contributed by atoms with van der Waals surface area (Å²) >= 11 is -1.98. The van der Waals surface area contributed by atoms with E-state index in [1.807, 2.05) is 6.92 Å². The monoisotopic (exact) mass is 150 g/mol. The third-order valence-electron chi connectivity index (χ3n) is 1.15. The van der Waals surface area contributed by atoms with Gasteiger partial charge in [-0.2, -0.15) is 0 Å².